The van der Waals surface area contributed by atoms with Crippen LogP contribution >= 0.6 is 0 Å². The summed E-state index contributed by atoms with van der Waals surface area (Å²) in [6.07, 6.45) is 1.83. The predicted octanol–water partition coefficient (Wildman–Crippen LogP) is 4.34. The molecule has 0 aromatic heterocycles. The molecule has 1 aliphatic rings. The molecule has 1 N–H and O–H groups in total. The quantitative estimate of drug-likeness (QED) is 0.881. The number of ether oxygens (including phenoxy) is 1. The first-order valence-corrected chi connectivity index (χ1v) is 8.88. The molecule has 1 amide bonds. The van der Waals surface area contributed by atoms with Gasteiger partial charge in [0.25, 0.3) is 0 Å². The minimum Gasteiger partial charge on any atom is -0.496 e. The van der Waals surface area contributed by atoms with Crippen molar-refractivity contribution in [2.75, 3.05) is 7.11 Å². The molecule has 2 aromatic carbocycles. The first kappa shape index (κ1) is 17.5. The number of carbonyl (C=O) groups excluding carboxylic acids is 1. The fourth-order valence-corrected chi connectivity index (χ4v) is 3.25. The van der Waals surface area contributed by atoms with Gasteiger partial charge in [-0.15, -0.1) is 0 Å². The van der Waals surface area contributed by atoms with E-state index >= 15 is 0 Å². The lowest BCUT2D eigenvalue weighted by Gasteiger charge is -2.21. The lowest BCUT2D eigenvalue weighted by atomic mass is 9.85. The van der Waals surface area contributed by atoms with Gasteiger partial charge in [-0.1, -0.05) is 63.2 Å². The van der Waals surface area contributed by atoms with Crippen molar-refractivity contribution in [2.24, 2.45) is 0 Å². The molecule has 3 nitrogen and oxygen atoms in total. The average molecular weight is 337 g/mol. The van der Waals surface area contributed by atoms with Gasteiger partial charge >= 0.3 is 0 Å². The first-order chi connectivity index (χ1) is 11.9. The van der Waals surface area contributed by atoms with Gasteiger partial charge in [0.2, 0.25) is 5.91 Å². The second kappa shape index (κ2) is 6.55. The van der Waals surface area contributed by atoms with Crippen LogP contribution in [0.5, 0.6) is 5.75 Å². The third kappa shape index (κ3) is 3.55. The predicted molar refractivity (Wildman–Crippen MR) is 101 cm³/mol. The van der Waals surface area contributed by atoms with E-state index < -0.39 is 0 Å². The SMILES string of the molecule is COc1ccccc1CNC(=O)C1(c2ccc(C(C)(C)C)cc2)CC1. The van der Waals surface area contributed by atoms with Crippen molar-refractivity contribution in [3.63, 3.8) is 0 Å². The van der Waals surface area contributed by atoms with Crippen LogP contribution in [0.15, 0.2) is 48.5 Å². The lowest BCUT2D eigenvalue weighted by Crippen LogP contribution is -2.34. The molecule has 0 saturated heterocycles. The summed E-state index contributed by atoms with van der Waals surface area (Å²) in [5, 5.41) is 3.10. The monoisotopic (exact) mass is 337 g/mol. The van der Waals surface area contributed by atoms with Crippen LogP contribution in [0.1, 0.15) is 50.3 Å². The molecule has 25 heavy (non-hydrogen) atoms. The number of para-hydroxylation sites is 1. The maximum absolute atomic E-state index is 12.8. The number of hydrogen-bond acceptors (Lipinski definition) is 2. The van der Waals surface area contributed by atoms with E-state index in [0.29, 0.717) is 6.54 Å². The normalized spacial score (nSPS) is 15.5. The maximum Gasteiger partial charge on any atom is 0.230 e. The van der Waals surface area contributed by atoms with Crippen molar-refractivity contribution in [1.29, 1.82) is 0 Å². The Bertz CT molecular complexity index is 752. The average Bonchev–Trinajstić information content (AvgIpc) is 3.41. The highest BCUT2D eigenvalue weighted by molar-refractivity contribution is 5.91. The van der Waals surface area contributed by atoms with E-state index in [1.807, 2.05) is 24.3 Å². The van der Waals surface area contributed by atoms with Crippen LogP contribution in [0.25, 0.3) is 0 Å². The lowest BCUT2D eigenvalue weighted by molar-refractivity contribution is -0.123. The highest BCUT2D eigenvalue weighted by Gasteiger charge is 2.51. The molecule has 1 aliphatic carbocycles. The van der Waals surface area contributed by atoms with Crippen LogP contribution in [0.3, 0.4) is 0 Å². The van der Waals surface area contributed by atoms with Gasteiger partial charge in [-0.05, 0) is 35.4 Å². The molecule has 2 aromatic rings. The summed E-state index contributed by atoms with van der Waals surface area (Å²) >= 11 is 0. The van der Waals surface area contributed by atoms with Crippen molar-refractivity contribution in [3.05, 3.63) is 65.2 Å². The van der Waals surface area contributed by atoms with E-state index in [4.69, 9.17) is 4.74 Å². The zero-order valence-electron chi connectivity index (χ0n) is 15.6. The van der Waals surface area contributed by atoms with Crippen LogP contribution in [-0.4, -0.2) is 13.0 Å². The molecule has 132 valence electrons. The summed E-state index contributed by atoms with van der Waals surface area (Å²) in [5.74, 6) is 0.920. The minimum absolute atomic E-state index is 0.113. The van der Waals surface area contributed by atoms with E-state index in [1.165, 1.54) is 5.56 Å². The zero-order valence-corrected chi connectivity index (χ0v) is 15.6. The summed E-state index contributed by atoms with van der Waals surface area (Å²) in [7, 11) is 1.65. The summed E-state index contributed by atoms with van der Waals surface area (Å²) in [5.41, 5.74) is 3.19. The maximum atomic E-state index is 12.8. The molecule has 3 heteroatoms. The van der Waals surface area contributed by atoms with Crippen LogP contribution < -0.4 is 10.1 Å². The van der Waals surface area contributed by atoms with Crippen LogP contribution in [0.2, 0.25) is 0 Å². The highest BCUT2D eigenvalue weighted by Crippen LogP contribution is 2.48. The Hall–Kier alpha value is -2.29. The van der Waals surface area contributed by atoms with E-state index in [9.17, 15) is 4.79 Å². The fourth-order valence-electron chi connectivity index (χ4n) is 3.25. The molecule has 3 rings (SSSR count). The topological polar surface area (TPSA) is 38.3 Å². The van der Waals surface area contributed by atoms with Gasteiger partial charge in [-0.25, -0.2) is 0 Å². The van der Waals surface area contributed by atoms with E-state index in [1.54, 1.807) is 7.11 Å². The van der Waals surface area contributed by atoms with Gasteiger partial charge < -0.3 is 10.1 Å². The number of rotatable bonds is 5. The molecule has 0 atom stereocenters. The van der Waals surface area contributed by atoms with Gasteiger partial charge in [-0.3, -0.25) is 4.79 Å². The van der Waals surface area contributed by atoms with E-state index in [0.717, 1.165) is 29.7 Å². The number of hydrogen-bond donors (Lipinski definition) is 1. The standard InChI is InChI=1S/C22H27NO2/c1-21(2,3)17-9-11-18(12-10-17)22(13-14-22)20(24)23-15-16-7-5-6-8-19(16)25-4/h5-12H,13-15H2,1-4H3,(H,23,24). The van der Waals surface area contributed by atoms with Crippen molar-refractivity contribution in [1.82, 2.24) is 5.32 Å². The Balaban J connectivity index is 1.71. The van der Waals surface area contributed by atoms with Gasteiger partial charge in [0.15, 0.2) is 0 Å². The van der Waals surface area contributed by atoms with Crippen LogP contribution in [-0.2, 0) is 22.2 Å². The second-order valence-electron chi connectivity index (χ2n) is 7.90. The van der Waals surface area contributed by atoms with Gasteiger partial charge in [0.05, 0.1) is 12.5 Å². The Morgan fingerprint density at radius 2 is 1.72 bits per heavy atom. The Morgan fingerprint density at radius 3 is 2.28 bits per heavy atom. The Labute approximate surface area is 150 Å². The summed E-state index contributed by atoms with van der Waals surface area (Å²) in [4.78, 5) is 12.8. The molecule has 0 radical (unpaired) electrons. The van der Waals surface area contributed by atoms with Crippen LogP contribution in [0.4, 0.5) is 0 Å². The third-order valence-corrected chi connectivity index (χ3v) is 5.12. The number of benzene rings is 2. The third-order valence-electron chi connectivity index (χ3n) is 5.12. The molecule has 0 heterocycles. The number of carbonyl (C=O) groups is 1. The molecular weight excluding hydrogens is 310 g/mol. The van der Waals surface area contributed by atoms with E-state index in [2.05, 4.69) is 50.4 Å². The fraction of sp³-hybridized carbons (Fsp3) is 0.409. The number of amides is 1. The van der Waals surface area contributed by atoms with Gasteiger partial charge in [-0.2, -0.15) is 0 Å². The van der Waals surface area contributed by atoms with Crippen molar-refractivity contribution in [2.45, 2.75) is 51.0 Å². The van der Waals surface area contributed by atoms with Crippen molar-refractivity contribution in [3.8, 4) is 5.75 Å². The Morgan fingerprint density at radius 1 is 1.08 bits per heavy atom. The summed E-state index contributed by atoms with van der Waals surface area (Å²) in [6.45, 7) is 7.10. The summed E-state index contributed by atoms with van der Waals surface area (Å²) in [6, 6.07) is 16.3. The molecule has 0 spiro atoms. The van der Waals surface area contributed by atoms with Crippen LogP contribution in [0, 0.1) is 0 Å². The Kier molecular flexibility index (Phi) is 4.59. The smallest absolute Gasteiger partial charge is 0.230 e. The number of methoxy groups -OCH3 is 1. The highest BCUT2D eigenvalue weighted by atomic mass is 16.5. The largest absolute Gasteiger partial charge is 0.496 e. The summed E-state index contributed by atoms with van der Waals surface area (Å²) < 4.78 is 5.36. The molecule has 1 fully saturated rings. The van der Waals surface area contributed by atoms with Gasteiger partial charge in [0.1, 0.15) is 5.75 Å². The zero-order chi connectivity index (χ0) is 18.1. The first-order valence-electron chi connectivity index (χ1n) is 8.88. The second-order valence-corrected chi connectivity index (χ2v) is 7.90. The van der Waals surface area contributed by atoms with E-state index in [-0.39, 0.29) is 16.7 Å². The molecular formula is C22H27NO2. The van der Waals surface area contributed by atoms with Gasteiger partial charge in [0, 0.05) is 12.1 Å². The molecule has 1 saturated carbocycles. The minimum atomic E-state index is -0.349. The molecule has 0 unspecified atom stereocenters. The molecule has 0 bridgehead atoms. The molecule has 0 aliphatic heterocycles. The van der Waals surface area contributed by atoms with Crippen molar-refractivity contribution >= 4 is 5.91 Å². The van der Waals surface area contributed by atoms with Crippen molar-refractivity contribution < 1.29 is 9.53 Å². The number of nitrogens with one attached hydrogen (secondary N) is 1.